The molecule has 0 aromatic rings. The molecule has 1 aliphatic rings. The van der Waals surface area contributed by atoms with Gasteiger partial charge in [-0.25, -0.2) is 4.79 Å². The van der Waals surface area contributed by atoms with Crippen molar-refractivity contribution in [2.75, 3.05) is 6.61 Å². The van der Waals surface area contributed by atoms with Crippen LogP contribution < -0.4 is 10.6 Å². The van der Waals surface area contributed by atoms with Crippen LogP contribution in [0.1, 0.15) is 53.4 Å². The zero-order valence-electron chi connectivity index (χ0n) is 13.1. The second kappa shape index (κ2) is 8.12. The van der Waals surface area contributed by atoms with Crippen molar-refractivity contribution in [3.63, 3.8) is 0 Å². The zero-order chi connectivity index (χ0) is 15.1. The normalized spacial score (nSPS) is 24.1. The number of ether oxygens (including phenoxy) is 1. The van der Waals surface area contributed by atoms with E-state index in [2.05, 4.69) is 17.6 Å². The second-order valence-corrected chi connectivity index (χ2v) is 6.24. The lowest BCUT2D eigenvalue weighted by Crippen LogP contribution is -2.50. The number of hydrogen-bond acceptors (Lipinski definition) is 3. The highest BCUT2D eigenvalue weighted by atomic mass is 16.5. The Morgan fingerprint density at radius 1 is 1.20 bits per heavy atom. The molecule has 0 saturated heterocycles. The molecule has 0 heterocycles. The van der Waals surface area contributed by atoms with Crippen LogP contribution in [0.2, 0.25) is 0 Å². The van der Waals surface area contributed by atoms with Gasteiger partial charge < -0.3 is 15.4 Å². The summed E-state index contributed by atoms with van der Waals surface area (Å²) < 4.78 is 5.01. The van der Waals surface area contributed by atoms with Crippen LogP contribution in [0, 0.1) is 11.8 Å². The van der Waals surface area contributed by atoms with Gasteiger partial charge in [0.2, 0.25) is 5.91 Å². The highest BCUT2D eigenvalue weighted by Crippen LogP contribution is 2.23. The SMILES string of the molecule is CC(C)COC(=O)N[C@@H](C)C(=O)N[C@H]1CCCC[C@H]1C. The first-order chi connectivity index (χ1) is 9.40. The molecule has 1 aliphatic carbocycles. The van der Waals surface area contributed by atoms with Gasteiger partial charge in [-0.2, -0.15) is 0 Å². The maximum absolute atomic E-state index is 12.0. The summed E-state index contributed by atoms with van der Waals surface area (Å²) in [5.41, 5.74) is 0. The molecule has 0 spiro atoms. The molecular formula is C15H28N2O3. The predicted octanol–water partition coefficient (Wildman–Crippen LogP) is 2.45. The standard InChI is InChI=1S/C15H28N2O3/c1-10(2)9-20-15(19)16-12(4)14(18)17-13-8-6-5-7-11(13)3/h10-13H,5-9H2,1-4H3,(H,16,19)(H,17,18)/t11-,12+,13+/m1/s1. The number of nitrogens with one attached hydrogen (secondary N) is 2. The van der Waals surface area contributed by atoms with Crippen LogP contribution in [0.4, 0.5) is 4.79 Å². The summed E-state index contributed by atoms with van der Waals surface area (Å²) >= 11 is 0. The Labute approximate surface area is 121 Å². The van der Waals surface area contributed by atoms with Crippen molar-refractivity contribution in [3.8, 4) is 0 Å². The quantitative estimate of drug-likeness (QED) is 0.815. The minimum absolute atomic E-state index is 0.134. The van der Waals surface area contributed by atoms with Gasteiger partial charge in [-0.1, -0.05) is 33.6 Å². The fraction of sp³-hybridized carbons (Fsp3) is 0.867. The Bertz CT molecular complexity index is 331. The van der Waals surface area contributed by atoms with E-state index in [0.29, 0.717) is 12.5 Å². The molecule has 0 unspecified atom stereocenters. The first-order valence-corrected chi connectivity index (χ1v) is 7.63. The minimum Gasteiger partial charge on any atom is -0.449 e. The van der Waals surface area contributed by atoms with Crippen LogP contribution in [-0.2, 0) is 9.53 Å². The fourth-order valence-electron chi connectivity index (χ4n) is 2.36. The molecule has 3 atom stereocenters. The van der Waals surface area contributed by atoms with E-state index < -0.39 is 12.1 Å². The summed E-state index contributed by atoms with van der Waals surface area (Å²) in [6, 6.07) is -0.337. The summed E-state index contributed by atoms with van der Waals surface area (Å²) in [6.45, 7) is 8.14. The van der Waals surface area contributed by atoms with Crippen molar-refractivity contribution in [2.45, 2.75) is 65.5 Å². The molecular weight excluding hydrogens is 256 g/mol. The highest BCUT2D eigenvalue weighted by Gasteiger charge is 2.25. The third-order valence-electron chi connectivity index (χ3n) is 3.71. The van der Waals surface area contributed by atoms with E-state index in [-0.39, 0.29) is 17.9 Å². The summed E-state index contributed by atoms with van der Waals surface area (Å²) in [6.07, 6.45) is 4.05. The average Bonchev–Trinajstić information content (AvgIpc) is 2.39. The minimum atomic E-state index is -0.566. The van der Waals surface area contributed by atoms with E-state index in [1.165, 1.54) is 6.42 Å². The second-order valence-electron chi connectivity index (χ2n) is 6.24. The van der Waals surface area contributed by atoms with Crippen LogP contribution in [-0.4, -0.2) is 30.7 Å². The first-order valence-electron chi connectivity index (χ1n) is 7.63. The van der Waals surface area contributed by atoms with Gasteiger partial charge in [0.1, 0.15) is 6.04 Å². The van der Waals surface area contributed by atoms with Crippen molar-refractivity contribution in [1.82, 2.24) is 10.6 Å². The van der Waals surface area contributed by atoms with Crippen LogP contribution in [0.5, 0.6) is 0 Å². The number of carbonyl (C=O) groups is 2. The maximum atomic E-state index is 12.0. The van der Waals surface area contributed by atoms with Gasteiger partial charge in [-0.15, -0.1) is 0 Å². The van der Waals surface area contributed by atoms with Gasteiger partial charge in [0.15, 0.2) is 0 Å². The Kier molecular flexibility index (Phi) is 6.82. The van der Waals surface area contributed by atoms with Gasteiger partial charge in [-0.3, -0.25) is 4.79 Å². The molecule has 5 heteroatoms. The maximum Gasteiger partial charge on any atom is 0.407 e. The topological polar surface area (TPSA) is 67.4 Å². The molecule has 1 rings (SSSR count). The largest absolute Gasteiger partial charge is 0.449 e. The molecule has 0 aromatic carbocycles. The molecule has 2 N–H and O–H groups in total. The van der Waals surface area contributed by atoms with Gasteiger partial charge in [0.25, 0.3) is 0 Å². The smallest absolute Gasteiger partial charge is 0.407 e. The third kappa shape index (κ3) is 5.80. The van der Waals surface area contributed by atoms with Crippen molar-refractivity contribution in [3.05, 3.63) is 0 Å². The average molecular weight is 284 g/mol. The number of amides is 2. The van der Waals surface area contributed by atoms with Gasteiger partial charge in [0.05, 0.1) is 6.61 Å². The lowest BCUT2D eigenvalue weighted by atomic mass is 9.86. The first kappa shape index (κ1) is 16.8. The van der Waals surface area contributed by atoms with Crippen LogP contribution in [0.3, 0.4) is 0 Å². The molecule has 0 bridgehead atoms. The van der Waals surface area contributed by atoms with Gasteiger partial charge in [-0.05, 0) is 31.6 Å². The lowest BCUT2D eigenvalue weighted by molar-refractivity contribution is -0.124. The van der Waals surface area contributed by atoms with Crippen molar-refractivity contribution in [1.29, 1.82) is 0 Å². The van der Waals surface area contributed by atoms with Crippen molar-refractivity contribution < 1.29 is 14.3 Å². The zero-order valence-corrected chi connectivity index (χ0v) is 13.1. The molecule has 20 heavy (non-hydrogen) atoms. The van der Waals surface area contributed by atoms with Gasteiger partial charge >= 0.3 is 6.09 Å². The summed E-state index contributed by atoms with van der Waals surface area (Å²) in [4.78, 5) is 23.6. The summed E-state index contributed by atoms with van der Waals surface area (Å²) in [5.74, 6) is 0.658. The molecule has 2 amide bonds. The number of carbonyl (C=O) groups excluding carboxylic acids is 2. The number of alkyl carbamates (subject to hydrolysis) is 1. The highest BCUT2D eigenvalue weighted by molar-refractivity contribution is 5.85. The Hall–Kier alpha value is -1.26. The summed E-state index contributed by atoms with van der Waals surface area (Å²) in [7, 11) is 0. The van der Waals surface area contributed by atoms with Gasteiger partial charge in [0, 0.05) is 6.04 Å². The van der Waals surface area contributed by atoms with E-state index in [1.54, 1.807) is 6.92 Å². The Morgan fingerprint density at radius 3 is 2.45 bits per heavy atom. The molecule has 0 aliphatic heterocycles. The lowest BCUT2D eigenvalue weighted by Gasteiger charge is -2.30. The molecule has 5 nitrogen and oxygen atoms in total. The number of hydrogen-bond donors (Lipinski definition) is 2. The Morgan fingerprint density at radius 2 is 1.85 bits per heavy atom. The summed E-state index contributed by atoms with van der Waals surface area (Å²) in [5, 5.41) is 5.60. The monoisotopic (exact) mass is 284 g/mol. The van der Waals surface area contributed by atoms with E-state index in [1.807, 2.05) is 13.8 Å². The molecule has 1 fully saturated rings. The van der Waals surface area contributed by atoms with Crippen LogP contribution in [0.25, 0.3) is 0 Å². The van der Waals surface area contributed by atoms with E-state index in [9.17, 15) is 9.59 Å². The molecule has 0 radical (unpaired) electrons. The van der Waals surface area contributed by atoms with Crippen molar-refractivity contribution in [2.24, 2.45) is 11.8 Å². The van der Waals surface area contributed by atoms with E-state index in [4.69, 9.17) is 4.74 Å². The number of rotatable bonds is 5. The van der Waals surface area contributed by atoms with Crippen molar-refractivity contribution >= 4 is 12.0 Å². The molecule has 1 saturated carbocycles. The Balaban J connectivity index is 2.32. The third-order valence-corrected chi connectivity index (χ3v) is 3.71. The predicted molar refractivity (Wildman–Crippen MR) is 78.3 cm³/mol. The van der Waals surface area contributed by atoms with E-state index in [0.717, 1.165) is 19.3 Å². The molecule has 0 aromatic heterocycles. The van der Waals surface area contributed by atoms with Crippen LogP contribution in [0.15, 0.2) is 0 Å². The van der Waals surface area contributed by atoms with Crippen LogP contribution >= 0.6 is 0 Å². The fourth-order valence-corrected chi connectivity index (χ4v) is 2.36. The molecule has 116 valence electrons. The van der Waals surface area contributed by atoms with E-state index >= 15 is 0 Å².